The molecule has 2 amide bonds. The smallest absolute Gasteiger partial charge is 0.315 e. The Morgan fingerprint density at radius 1 is 1.50 bits per heavy atom. The zero-order chi connectivity index (χ0) is 10.8. The molecule has 0 atom stereocenters. The van der Waals surface area contributed by atoms with E-state index in [1.165, 1.54) is 0 Å². The first-order valence-electron chi connectivity index (χ1n) is 4.76. The Balaban J connectivity index is 2.21. The van der Waals surface area contributed by atoms with Gasteiger partial charge in [0.2, 0.25) is 0 Å². The van der Waals surface area contributed by atoms with E-state index in [-0.39, 0.29) is 18.1 Å². The normalized spacial score (nSPS) is 19.7. The molecule has 0 aliphatic carbocycles. The van der Waals surface area contributed by atoms with Crippen LogP contribution in [0, 0.1) is 0 Å². The van der Waals surface area contributed by atoms with E-state index in [2.05, 4.69) is 16.0 Å². The van der Waals surface area contributed by atoms with Crippen LogP contribution in [0.25, 0.3) is 0 Å². The average Bonchev–Trinajstić information content (AvgIpc) is 1.94. The predicted molar refractivity (Wildman–Crippen MR) is 53.0 cm³/mol. The summed E-state index contributed by atoms with van der Waals surface area (Å²) in [6.45, 7) is 6.35. The van der Waals surface area contributed by atoms with Gasteiger partial charge in [-0.05, 0) is 20.8 Å². The Morgan fingerprint density at radius 3 is 2.43 bits per heavy atom. The summed E-state index contributed by atoms with van der Waals surface area (Å²) >= 11 is 0. The number of hydrogen-bond acceptors (Lipinski definition) is 2. The number of hydrogen-bond donors (Lipinski definition) is 3. The molecule has 0 bridgehead atoms. The third kappa shape index (κ3) is 3.49. The molecule has 0 aromatic heterocycles. The minimum atomic E-state index is -1.25. The van der Waals surface area contributed by atoms with Gasteiger partial charge in [0.05, 0.1) is 6.54 Å². The van der Waals surface area contributed by atoms with Crippen molar-refractivity contribution in [3.8, 4) is 0 Å². The van der Waals surface area contributed by atoms with Crippen molar-refractivity contribution in [2.75, 3.05) is 19.6 Å². The molecule has 0 unspecified atom stereocenters. The quantitative estimate of drug-likeness (QED) is 0.608. The molecule has 0 aromatic carbocycles. The number of urea groups is 1. The summed E-state index contributed by atoms with van der Waals surface area (Å²) < 4.78 is 13.4. The molecule has 5 heteroatoms. The Kier molecular flexibility index (Phi) is 2.99. The summed E-state index contributed by atoms with van der Waals surface area (Å²) in [6, 6.07) is -0.318. The molecule has 1 aliphatic rings. The van der Waals surface area contributed by atoms with Gasteiger partial charge in [-0.1, -0.05) is 0 Å². The molecule has 3 N–H and O–H groups in total. The summed E-state index contributed by atoms with van der Waals surface area (Å²) in [6.07, 6.45) is 0. The van der Waals surface area contributed by atoms with E-state index in [0.717, 1.165) is 0 Å². The fraction of sp³-hybridized carbons (Fsp3) is 0.889. The van der Waals surface area contributed by atoms with Gasteiger partial charge in [0.25, 0.3) is 0 Å². The SMILES string of the molecule is CC(C)(C)NC(=O)NCC1(F)CNC1. The molecule has 0 aromatic rings. The van der Waals surface area contributed by atoms with E-state index >= 15 is 0 Å². The highest BCUT2D eigenvalue weighted by Crippen LogP contribution is 2.14. The molecule has 14 heavy (non-hydrogen) atoms. The van der Waals surface area contributed by atoms with E-state index < -0.39 is 5.67 Å². The van der Waals surface area contributed by atoms with Gasteiger partial charge < -0.3 is 16.0 Å². The van der Waals surface area contributed by atoms with Crippen molar-refractivity contribution in [1.29, 1.82) is 0 Å². The number of carbonyl (C=O) groups excluding carboxylic acids is 1. The summed E-state index contributed by atoms with van der Waals surface area (Å²) in [5.41, 5.74) is -1.54. The fourth-order valence-corrected chi connectivity index (χ4v) is 1.14. The lowest BCUT2D eigenvalue weighted by molar-refractivity contribution is 0.0915. The zero-order valence-electron chi connectivity index (χ0n) is 8.91. The highest BCUT2D eigenvalue weighted by atomic mass is 19.1. The lowest BCUT2D eigenvalue weighted by Crippen LogP contribution is -2.62. The zero-order valence-corrected chi connectivity index (χ0v) is 8.91. The number of nitrogens with one attached hydrogen (secondary N) is 3. The molecule has 1 heterocycles. The number of carbonyl (C=O) groups is 1. The molecule has 1 saturated heterocycles. The molecule has 0 saturated carbocycles. The minimum Gasteiger partial charge on any atom is -0.335 e. The van der Waals surface area contributed by atoms with Gasteiger partial charge in [-0.3, -0.25) is 0 Å². The van der Waals surface area contributed by atoms with Gasteiger partial charge in [0.1, 0.15) is 0 Å². The standard InChI is InChI=1S/C9H18FN3O/c1-8(2,3)13-7(14)12-6-9(10)4-11-5-9/h11H,4-6H2,1-3H3,(H2,12,13,14). The van der Waals surface area contributed by atoms with Crippen LogP contribution in [0.5, 0.6) is 0 Å². The van der Waals surface area contributed by atoms with Crippen LogP contribution in [-0.2, 0) is 0 Å². The second kappa shape index (κ2) is 3.73. The number of alkyl halides is 1. The molecule has 0 spiro atoms. The summed E-state index contributed by atoms with van der Waals surface area (Å²) in [5, 5.41) is 8.05. The van der Waals surface area contributed by atoms with Crippen LogP contribution in [0.15, 0.2) is 0 Å². The first kappa shape index (κ1) is 11.2. The largest absolute Gasteiger partial charge is 0.335 e. The maximum absolute atomic E-state index is 13.4. The van der Waals surface area contributed by atoms with Gasteiger partial charge in [-0.25, -0.2) is 9.18 Å². The van der Waals surface area contributed by atoms with E-state index in [4.69, 9.17) is 0 Å². The van der Waals surface area contributed by atoms with Crippen molar-refractivity contribution in [1.82, 2.24) is 16.0 Å². The van der Waals surface area contributed by atoms with E-state index in [9.17, 15) is 9.18 Å². The third-order valence-corrected chi connectivity index (χ3v) is 1.94. The topological polar surface area (TPSA) is 53.2 Å². The predicted octanol–water partition coefficient (Wildman–Crippen LogP) is 0.396. The molecule has 0 radical (unpaired) electrons. The van der Waals surface area contributed by atoms with Crippen molar-refractivity contribution < 1.29 is 9.18 Å². The van der Waals surface area contributed by atoms with Crippen LogP contribution >= 0.6 is 0 Å². The van der Waals surface area contributed by atoms with E-state index in [0.29, 0.717) is 13.1 Å². The Labute approximate surface area is 83.6 Å². The summed E-state index contributed by atoms with van der Waals surface area (Å²) in [5.74, 6) is 0. The maximum Gasteiger partial charge on any atom is 0.315 e. The second-order valence-electron chi connectivity index (χ2n) is 4.81. The summed E-state index contributed by atoms with van der Waals surface area (Å²) in [4.78, 5) is 11.2. The van der Waals surface area contributed by atoms with E-state index in [1.807, 2.05) is 20.8 Å². The molecule has 1 fully saturated rings. The van der Waals surface area contributed by atoms with Gasteiger partial charge >= 0.3 is 6.03 Å². The van der Waals surface area contributed by atoms with Crippen molar-refractivity contribution >= 4 is 6.03 Å². The monoisotopic (exact) mass is 203 g/mol. The minimum absolute atomic E-state index is 0.0713. The number of halogens is 1. The summed E-state index contributed by atoms with van der Waals surface area (Å²) in [7, 11) is 0. The van der Waals surface area contributed by atoms with Crippen LogP contribution in [-0.4, -0.2) is 36.9 Å². The van der Waals surface area contributed by atoms with Gasteiger partial charge in [0.15, 0.2) is 5.67 Å². The molecular formula is C9H18FN3O. The van der Waals surface area contributed by atoms with Crippen LogP contribution in [0.3, 0.4) is 0 Å². The Bertz CT molecular complexity index is 221. The van der Waals surface area contributed by atoms with Crippen LogP contribution in [0.4, 0.5) is 9.18 Å². The van der Waals surface area contributed by atoms with Gasteiger partial charge in [-0.2, -0.15) is 0 Å². The molecule has 1 aliphatic heterocycles. The maximum atomic E-state index is 13.4. The lowest BCUT2D eigenvalue weighted by atomic mass is 10.00. The Morgan fingerprint density at radius 2 is 2.07 bits per heavy atom. The third-order valence-electron chi connectivity index (χ3n) is 1.94. The van der Waals surface area contributed by atoms with Crippen molar-refractivity contribution in [3.63, 3.8) is 0 Å². The molecule has 1 rings (SSSR count). The highest BCUT2D eigenvalue weighted by molar-refractivity contribution is 5.74. The average molecular weight is 203 g/mol. The number of rotatable bonds is 2. The molecular weight excluding hydrogens is 185 g/mol. The van der Waals surface area contributed by atoms with E-state index in [1.54, 1.807) is 0 Å². The molecule has 82 valence electrons. The van der Waals surface area contributed by atoms with Crippen molar-refractivity contribution in [3.05, 3.63) is 0 Å². The fourth-order valence-electron chi connectivity index (χ4n) is 1.14. The van der Waals surface area contributed by atoms with Crippen LogP contribution in [0.2, 0.25) is 0 Å². The first-order valence-corrected chi connectivity index (χ1v) is 4.76. The first-order chi connectivity index (χ1) is 6.31. The van der Waals surface area contributed by atoms with Gasteiger partial charge in [0, 0.05) is 18.6 Å². The second-order valence-corrected chi connectivity index (χ2v) is 4.81. The lowest BCUT2D eigenvalue weighted by Gasteiger charge is -2.35. The number of amides is 2. The molecule has 4 nitrogen and oxygen atoms in total. The van der Waals surface area contributed by atoms with Crippen LogP contribution in [0.1, 0.15) is 20.8 Å². The van der Waals surface area contributed by atoms with Crippen LogP contribution < -0.4 is 16.0 Å². The van der Waals surface area contributed by atoms with Crippen molar-refractivity contribution in [2.45, 2.75) is 32.0 Å². The Hall–Kier alpha value is -0.840. The highest BCUT2D eigenvalue weighted by Gasteiger charge is 2.37. The van der Waals surface area contributed by atoms with Gasteiger partial charge in [-0.15, -0.1) is 0 Å². The van der Waals surface area contributed by atoms with Crippen molar-refractivity contribution in [2.24, 2.45) is 0 Å².